The Hall–Kier alpha value is -7.80. The third-order valence-corrected chi connectivity index (χ3v) is 11.2. The van der Waals surface area contributed by atoms with Crippen LogP contribution in [0.3, 0.4) is 0 Å². The SMILES string of the molecule is Cc1ccc(-c2nc(-c3ccc(C)cc3)nc(-c3cc4c5ccccc5n(-c5ccccn5)c4cc3Oc3cccc([N+]4=C=[N+](c5cc(C)c(C)c(C)c5)C=C4)c3)n2)cc1. The molecule has 0 aliphatic carbocycles. The average molecular weight is 780 g/mol. The molecule has 0 radical (unpaired) electrons. The number of rotatable bonds is 8. The lowest BCUT2D eigenvalue weighted by Gasteiger charge is -2.14. The third-order valence-electron chi connectivity index (χ3n) is 11.2. The second-order valence-electron chi connectivity index (χ2n) is 15.4. The van der Waals surface area contributed by atoms with E-state index < -0.39 is 0 Å². The van der Waals surface area contributed by atoms with E-state index >= 15 is 0 Å². The summed E-state index contributed by atoms with van der Waals surface area (Å²) in [6, 6.07) is 51.1. The molecular formula is C52H41N7O+2. The van der Waals surface area contributed by atoms with Crippen molar-refractivity contribution in [2.24, 2.45) is 0 Å². The number of aromatic nitrogens is 5. The van der Waals surface area contributed by atoms with Crippen molar-refractivity contribution in [1.82, 2.24) is 24.5 Å². The molecule has 0 atom stereocenters. The van der Waals surface area contributed by atoms with Gasteiger partial charge in [-0.3, -0.25) is 4.57 Å². The molecule has 10 rings (SSSR count). The Balaban J connectivity index is 1.17. The van der Waals surface area contributed by atoms with Crippen LogP contribution in [-0.2, 0) is 0 Å². The summed E-state index contributed by atoms with van der Waals surface area (Å²) < 4.78 is 13.2. The fraction of sp³-hybridized carbons (Fsp3) is 0.0962. The Labute approximate surface area is 348 Å². The van der Waals surface area contributed by atoms with Crippen LogP contribution in [0.25, 0.3) is 61.8 Å². The van der Waals surface area contributed by atoms with Gasteiger partial charge in [0.25, 0.3) is 12.4 Å². The van der Waals surface area contributed by atoms with Crippen LogP contribution in [0.15, 0.2) is 158 Å². The van der Waals surface area contributed by atoms with E-state index in [-0.39, 0.29) is 0 Å². The molecule has 0 amide bonds. The number of aryl methyl sites for hydroxylation is 4. The Bertz CT molecular complexity index is 3160. The summed E-state index contributed by atoms with van der Waals surface area (Å²) in [7, 11) is 0. The van der Waals surface area contributed by atoms with Crippen LogP contribution >= 0.6 is 0 Å². The second-order valence-corrected chi connectivity index (χ2v) is 15.4. The normalized spacial score (nSPS) is 12.3. The highest BCUT2D eigenvalue weighted by atomic mass is 16.5. The largest absolute Gasteiger partial charge is 0.501 e. The van der Waals surface area contributed by atoms with Crippen LogP contribution in [0.2, 0.25) is 0 Å². The number of ether oxygens (including phenoxy) is 1. The van der Waals surface area contributed by atoms with Gasteiger partial charge in [-0.2, -0.15) is 0 Å². The Morgan fingerprint density at radius 3 is 1.83 bits per heavy atom. The van der Waals surface area contributed by atoms with Gasteiger partial charge in [0.05, 0.1) is 22.7 Å². The van der Waals surface area contributed by atoms with Gasteiger partial charge >= 0.3 is 6.01 Å². The lowest BCUT2D eigenvalue weighted by molar-refractivity contribution is -0.387. The number of nitrogens with zero attached hydrogens (tertiary/aromatic N) is 7. The van der Waals surface area contributed by atoms with Crippen LogP contribution in [0, 0.1) is 34.6 Å². The van der Waals surface area contributed by atoms with Crippen LogP contribution in [0.1, 0.15) is 27.8 Å². The molecule has 0 saturated heterocycles. The number of benzene rings is 6. The first kappa shape index (κ1) is 36.5. The molecule has 8 heteroatoms. The number of pyridine rings is 1. The van der Waals surface area contributed by atoms with Crippen molar-refractivity contribution in [2.75, 3.05) is 0 Å². The highest BCUT2D eigenvalue weighted by Crippen LogP contribution is 2.42. The molecule has 0 spiro atoms. The van der Waals surface area contributed by atoms with Gasteiger partial charge in [0.1, 0.15) is 17.3 Å². The van der Waals surface area contributed by atoms with Crippen molar-refractivity contribution in [3.05, 3.63) is 186 Å². The number of hydrogen-bond acceptors (Lipinski definition) is 5. The van der Waals surface area contributed by atoms with E-state index in [2.05, 4.69) is 148 Å². The molecule has 60 heavy (non-hydrogen) atoms. The third kappa shape index (κ3) is 6.75. The zero-order valence-electron chi connectivity index (χ0n) is 34.0. The molecule has 1 aliphatic heterocycles. The summed E-state index contributed by atoms with van der Waals surface area (Å²) >= 11 is 0. The lowest BCUT2D eigenvalue weighted by Crippen LogP contribution is -2.02. The van der Waals surface area contributed by atoms with Gasteiger partial charge in [0.2, 0.25) is 11.4 Å². The van der Waals surface area contributed by atoms with Crippen LogP contribution in [0.4, 0.5) is 11.4 Å². The smallest absolute Gasteiger partial charge is 0.456 e. The number of para-hydroxylation sites is 1. The maximum absolute atomic E-state index is 7.01. The van der Waals surface area contributed by atoms with E-state index in [1.807, 2.05) is 64.1 Å². The second kappa shape index (κ2) is 14.9. The van der Waals surface area contributed by atoms with Gasteiger partial charge in [-0.1, -0.05) is 99.1 Å². The van der Waals surface area contributed by atoms with E-state index in [0.29, 0.717) is 29.0 Å². The first-order chi connectivity index (χ1) is 29.3. The molecule has 0 bridgehead atoms. The quantitative estimate of drug-likeness (QED) is 0.144. The minimum atomic E-state index is 0.502. The van der Waals surface area contributed by atoms with E-state index in [0.717, 1.165) is 66.8 Å². The average Bonchev–Trinajstić information content (AvgIpc) is 3.90. The van der Waals surface area contributed by atoms with Crippen molar-refractivity contribution in [2.45, 2.75) is 34.6 Å². The monoisotopic (exact) mass is 779 g/mol. The van der Waals surface area contributed by atoms with Gasteiger partial charge in [0, 0.05) is 52.4 Å². The van der Waals surface area contributed by atoms with E-state index in [1.54, 1.807) is 0 Å². The summed E-state index contributed by atoms with van der Waals surface area (Å²) in [6.45, 7) is 10.6. The first-order valence-electron chi connectivity index (χ1n) is 20.0. The molecule has 288 valence electrons. The highest BCUT2D eigenvalue weighted by Gasteiger charge is 2.25. The number of fused-ring (bicyclic) bond motifs is 3. The molecular weight excluding hydrogens is 739 g/mol. The summed E-state index contributed by atoms with van der Waals surface area (Å²) in [5, 5.41) is 2.10. The highest BCUT2D eigenvalue weighted by molar-refractivity contribution is 6.11. The fourth-order valence-electron chi connectivity index (χ4n) is 7.73. The maximum atomic E-state index is 7.01. The van der Waals surface area contributed by atoms with Crippen molar-refractivity contribution in [3.8, 4) is 51.5 Å². The van der Waals surface area contributed by atoms with Crippen molar-refractivity contribution >= 4 is 39.2 Å². The zero-order chi connectivity index (χ0) is 40.9. The van der Waals surface area contributed by atoms with Crippen molar-refractivity contribution < 1.29 is 13.9 Å². The molecule has 0 fully saturated rings. The Morgan fingerprint density at radius 2 is 1.17 bits per heavy atom. The molecule has 6 aromatic carbocycles. The van der Waals surface area contributed by atoms with E-state index in [1.165, 1.54) is 16.7 Å². The topological polar surface area (TPSA) is 71.7 Å². The van der Waals surface area contributed by atoms with Crippen LogP contribution in [0.5, 0.6) is 11.5 Å². The predicted octanol–water partition coefficient (Wildman–Crippen LogP) is 12.3. The fourth-order valence-corrected chi connectivity index (χ4v) is 7.73. The summed E-state index contributed by atoms with van der Waals surface area (Å²) in [5.74, 6) is 3.71. The molecule has 3 aromatic heterocycles. The molecule has 9 aromatic rings. The molecule has 0 N–H and O–H groups in total. The van der Waals surface area contributed by atoms with Crippen LogP contribution in [-0.4, -0.2) is 39.7 Å². The summed E-state index contributed by atoms with van der Waals surface area (Å²) in [4.78, 5) is 20.2. The van der Waals surface area contributed by atoms with Crippen molar-refractivity contribution in [1.29, 1.82) is 0 Å². The van der Waals surface area contributed by atoms with Gasteiger partial charge in [-0.05, 0) is 81.6 Å². The summed E-state index contributed by atoms with van der Waals surface area (Å²) in [5.41, 5.74) is 12.6. The Morgan fingerprint density at radius 1 is 0.533 bits per heavy atom. The predicted molar refractivity (Wildman–Crippen MR) is 239 cm³/mol. The zero-order valence-corrected chi connectivity index (χ0v) is 34.0. The molecule has 8 nitrogen and oxygen atoms in total. The van der Waals surface area contributed by atoms with E-state index in [9.17, 15) is 0 Å². The minimum absolute atomic E-state index is 0.502. The molecule has 4 heterocycles. The molecule has 0 saturated carbocycles. The van der Waals surface area contributed by atoms with Gasteiger partial charge < -0.3 is 4.74 Å². The van der Waals surface area contributed by atoms with Crippen LogP contribution < -0.4 is 4.74 Å². The van der Waals surface area contributed by atoms with Gasteiger partial charge in [0.15, 0.2) is 17.5 Å². The maximum Gasteiger partial charge on any atom is 0.501 e. The molecule has 1 aliphatic rings. The van der Waals surface area contributed by atoms with Gasteiger partial charge in [-0.15, -0.1) is 0 Å². The first-order valence-corrected chi connectivity index (χ1v) is 20.0. The van der Waals surface area contributed by atoms with Crippen molar-refractivity contribution in [3.63, 3.8) is 0 Å². The molecule has 0 unspecified atom stereocenters. The Kier molecular flexibility index (Phi) is 9.04. The minimum Gasteiger partial charge on any atom is -0.456 e. The van der Waals surface area contributed by atoms with Gasteiger partial charge in [-0.25, -0.2) is 19.9 Å². The summed E-state index contributed by atoms with van der Waals surface area (Å²) in [6.07, 6.45) is 5.86. The lowest BCUT2D eigenvalue weighted by atomic mass is 10.0. The van der Waals surface area contributed by atoms with E-state index in [4.69, 9.17) is 24.7 Å². The number of hydrogen-bond donors (Lipinski definition) is 0. The standard InChI is InChI=1S/C52H41N7O/c1-33-16-20-38(21-17-33)50-54-51(39-22-18-34(2)19-23-39)56-52(55-50)45-30-44-43-13-6-7-14-46(43)59(49-15-8-9-24-53-49)47(44)31-48(45)60-42-12-10-11-40(29-42)57-25-26-58(32-57)41-27-35(3)37(5)36(4)28-41/h6-31H,1-5H3/q+2.